The normalized spacial score (nSPS) is 23.4. The minimum absolute atomic E-state index is 0.00518. The molecule has 0 atom stereocenters. The van der Waals surface area contributed by atoms with Crippen LogP contribution in [0.15, 0.2) is 41.8 Å². The molecule has 2 N–H and O–H groups in total. The number of nitrogen functional groups attached to an aromatic ring is 1. The number of carbonyl (C=O) groups excluding carboxylic acids is 2. The second-order valence-electron chi connectivity index (χ2n) is 10.8. The number of nitrogens with zero attached hydrogens (tertiary/aromatic N) is 4. The maximum Gasteiger partial charge on any atom is 0.412 e. The molecular formula is C27H34F3N5O2. The summed E-state index contributed by atoms with van der Waals surface area (Å²) in [7, 11) is 0. The van der Waals surface area contributed by atoms with Gasteiger partial charge in [0.15, 0.2) is 0 Å². The minimum Gasteiger partial charge on any atom is -0.384 e. The lowest BCUT2D eigenvalue weighted by Gasteiger charge is -2.40. The van der Waals surface area contributed by atoms with Crippen molar-refractivity contribution in [3.8, 4) is 0 Å². The smallest absolute Gasteiger partial charge is 0.384 e. The van der Waals surface area contributed by atoms with Crippen LogP contribution in [0.4, 0.5) is 19.0 Å². The highest BCUT2D eigenvalue weighted by Gasteiger charge is 2.50. The van der Waals surface area contributed by atoms with Crippen LogP contribution in [0.2, 0.25) is 0 Å². The van der Waals surface area contributed by atoms with Gasteiger partial charge in [-0.25, -0.2) is 4.98 Å². The van der Waals surface area contributed by atoms with E-state index in [2.05, 4.69) is 9.88 Å². The van der Waals surface area contributed by atoms with Gasteiger partial charge >= 0.3 is 6.18 Å². The third-order valence-corrected chi connectivity index (χ3v) is 8.57. The number of carbonyl (C=O) groups is 2. The molecule has 0 unspecified atom stereocenters. The molecular weight excluding hydrogens is 483 g/mol. The summed E-state index contributed by atoms with van der Waals surface area (Å²) in [6, 6.07) is 3.84. The van der Waals surface area contributed by atoms with E-state index in [-0.39, 0.29) is 30.6 Å². The molecule has 0 saturated carbocycles. The summed E-state index contributed by atoms with van der Waals surface area (Å²) in [6.07, 6.45) is 3.65. The zero-order valence-corrected chi connectivity index (χ0v) is 21.0. The van der Waals surface area contributed by atoms with Crippen LogP contribution in [0.3, 0.4) is 0 Å². The maximum absolute atomic E-state index is 13.4. The molecule has 1 aromatic heterocycles. The summed E-state index contributed by atoms with van der Waals surface area (Å²) in [5.74, 6) is 0.715. The number of halogens is 3. The van der Waals surface area contributed by atoms with Crippen molar-refractivity contribution in [2.24, 2.45) is 11.3 Å². The Balaban J connectivity index is 1.12. The Hall–Kier alpha value is -2.88. The van der Waals surface area contributed by atoms with Gasteiger partial charge in [-0.2, -0.15) is 13.2 Å². The molecule has 0 radical (unpaired) electrons. The van der Waals surface area contributed by atoms with Crippen molar-refractivity contribution in [2.75, 3.05) is 38.5 Å². The quantitative estimate of drug-likeness (QED) is 0.656. The first-order chi connectivity index (χ1) is 17.6. The van der Waals surface area contributed by atoms with Crippen molar-refractivity contribution in [2.45, 2.75) is 57.7 Å². The van der Waals surface area contributed by atoms with Crippen LogP contribution in [-0.4, -0.2) is 70.4 Å². The van der Waals surface area contributed by atoms with Crippen molar-refractivity contribution >= 4 is 17.6 Å². The molecule has 0 aromatic carbocycles. The molecule has 3 aliphatic heterocycles. The Morgan fingerprint density at radius 2 is 1.76 bits per heavy atom. The van der Waals surface area contributed by atoms with Crippen LogP contribution < -0.4 is 5.73 Å². The average molecular weight is 518 g/mol. The van der Waals surface area contributed by atoms with Gasteiger partial charge in [-0.3, -0.25) is 14.5 Å². The van der Waals surface area contributed by atoms with Crippen LogP contribution in [-0.2, 0) is 16.1 Å². The summed E-state index contributed by atoms with van der Waals surface area (Å²) in [6.45, 7) is 4.16. The van der Waals surface area contributed by atoms with E-state index in [1.54, 1.807) is 11.1 Å². The molecule has 200 valence electrons. The molecule has 3 fully saturated rings. The summed E-state index contributed by atoms with van der Waals surface area (Å²) in [4.78, 5) is 36.6. The fraction of sp³-hybridized carbons (Fsp3) is 0.593. The predicted octanol–water partition coefficient (Wildman–Crippen LogP) is 3.88. The van der Waals surface area contributed by atoms with Crippen LogP contribution in [0.25, 0.3) is 0 Å². The number of aromatic nitrogens is 1. The third kappa shape index (κ3) is 5.39. The standard InChI is InChI=1S/C27H34F3N5O2/c28-27(29,30)21-1-3-22(4-2-21)35-16-10-26(25(35)37)8-14-34(15-9-26)24(36)20-6-12-33(13-7-20)18-19-5-11-32-23(31)17-19/h1,3,5,11,17,20H,2,4,6-10,12-16,18H2,(H2,31,32). The Kier molecular flexibility index (Phi) is 7.04. The molecule has 2 amide bonds. The number of anilines is 1. The Labute approximate surface area is 215 Å². The lowest BCUT2D eigenvalue weighted by Crippen LogP contribution is -2.49. The monoisotopic (exact) mass is 517 g/mol. The predicted molar refractivity (Wildman–Crippen MR) is 133 cm³/mol. The number of piperidine rings is 2. The van der Waals surface area contributed by atoms with Gasteiger partial charge < -0.3 is 15.5 Å². The molecule has 10 heteroatoms. The molecule has 3 saturated heterocycles. The van der Waals surface area contributed by atoms with Crippen molar-refractivity contribution in [1.82, 2.24) is 19.7 Å². The van der Waals surface area contributed by atoms with Gasteiger partial charge in [0.25, 0.3) is 0 Å². The first-order valence-corrected chi connectivity index (χ1v) is 13.2. The highest BCUT2D eigenvalue weighted by atomic mass is 19.4. The molecule has 4 heterocycles. The Morgan fingerprint density at radius 1 is 1.05 bits per heavy atom. The van der Waals surface area contributed by atoms with Crippen LogP contribution in [0, 0.1) is 11.3 Å². The average Bonchev–Trinajstić information content (AvgIpc) is 3.19. The van der Waals surface area contributed by atoms with Crippen molar-refractivity contribution in [1.29, 1.82) is 0 Å². The maximum atomic E-state index is 13.4. The first kappa shape index (κ1) is 25.8. The number of likely N-dealkylation sites (tertiary alicyclic amines) is 3. The molecule has 5 rings (SSSR count). The van der Waals surface area contributed by atoms with Gasteiger partial charge in [0.2, 0.25) is 11.8 Å². The van der Waals surface area contributed by atoms with Crippen LogP contribution in [0.5, 0.6) is 0 Å². The minimum atomic E-state index is -4.32. The number of hydrogen-bond acceptors (Lipinski definition) is 5. The van der Waals surface area contributed by atoms with Gasteiger partial charge in [0.05, 0.1) is 5.41 Å². The molecule has 1 aliphatic carbocycles. The van der Waals surface area contributed by atoms with E-state index < -0.39 is 17.2 Å². The summed E-state index contributed by atoms with van der Waals surface area (Å²) >= 11 is 0. The molecule has 1 spiro atoms. The number of amides is 2. The molecule has 4 aliphatic rings. The van der Waals surface area contributed by atoms with Gasteiger partial charge in [-0.05, 0) is 81.8 Å². The van der Waals surface area contributed by atoms with E-state index in [9.17, 15) is 22.8 Å². The highest BCUT2D eigenvalue weighted by Crippen LogP contribution is 2.44. The number of allylic oxidation sites excluding steroid dienone is 4. The fourth-order valence-electron chi connectivity index (χ4n) is 6.25. The highest BCUT2D eigenvalue weighted by molar-refractivity contribution is 5.87. The van der Waals surface area contributed by atoms with Crippen molar-refractivity contribution < 1.29 is 22.8 Å². The molecule has 37 heavy (non-hydrogen) atoms. The van der Waals surface area contributed by atoms with E-state index in [1.165, 1.54) is 6.08 Å². The number of hydrogen-bond donors (Lipinski definition) is 1. The summed E-state index contributed by atoms with van der Waals surface area (Å²) < 4.78 is 38.8. The number of pyridine rings is 1. The fourth-order valence-corrected chi connectivity index (χ4v) is 6.25. The zero-order valence-electron chi connectivity index (χ0n) is 21.0. The van der Waals surface area contributed by atoms with E-state index in [0.717, 1.165) is 44.1 Å². The van der Waals surface area contributed by atoms with E-state index in [0.29, 0.717) is 50.4 Å². The summed E-state index contributed by atoms with van der Waals surface area (Å²) in [5, 5.41) is 0. The number of alkyl halides is 3. The first-order valence-electron chi connectivity index (χ1n) is 13.2. The van der Waals surface area contributed by atoms with E-state index in [1.807, 2.05) is 17.0 Å². The van der Waals surface area contributed by atoms with E-state index >= 15 is 0 Å². The zero-order chi connectivity index (χ0) is 26.2. The van der Waals surface area contributed by atoms with Crippen molar-refractivity contribution in [3.63, 3.8) is 0 Å². The van der Waals surface area contributed by atoms with Gasteiger partial charge in [0.1, 0.15) is 5.82 Å². The van der Waals surface area contributed by atoms with Gasteiger partial charge in [0, 0.05) is 49.6 Å². The Morgan fingerprint density at radius 3 is 2.38 bits per heavy atom. The molecule has 0 bridgehead atoms. The van der Waals surface area contributed by atoms with E-state index in [4.69, 9.17) is 5.73 Å². The number of nitrogens with two attached hydrogens (primary N) is 1. The lowest BCUT2D eigenvalue weighted by atomic mass is 9.76. The second kappa shape index (κ2) is 10.1. The van der Waals surface area contributed by atoms with Gasteiger partial charge in [-0.15, -0.1) is 0 Å². The van der Waals surface area contributed by atoms with Crippen LogP contribution in [0.1, 0.15) is 50.5 Å². The van der Waals surface area contributed by atoms with Gasteiger partial charge in [-0.1, -0.05) is 6.08 Å². The summed E-state index contributed by atoms with van der Waals surface area (Å²) in [5.41, 5.74) is 6.53. The topological polar surface area (TPSA) is 82.8 Å². The van der Waals surface area contributed by atoms with Crippen molar-refractivity contribution in [3.05, 3.63) is 47.3 Å². The molecule has 1 aromatic rings. The Bertz CT molecular complexity index is 1100. The third-order valence-electron chi connectivity index (χ3n) is 8.57. The lowest BCUT2D eigenvalue weighted by molar-refractivity contribution is -0.144. The largest absolute Gasteiger partial charge is 0.412 e. The number of rotatable bonds is 4. The van der Waals surface area contributed by atoms with Crippen LogP contribution >= 0.6 is 0 Å². The molecule has 7 nitrogen and oxygen atoms in total. The SMILES string of the molecule is Nc1cc(CN2CCC(C(=O)N3CCC4(CC3)CCN(C3=CC=C(C(F)(F)F)CC3)C4=O)CC2)ccn1. The second-order valence-corrected chi connectivity index (χ2v) is 10.8.